The number of carbonyl (C=O) groups excluding carboxylic acids is 2. The van der Waals surface area contributed by atoms with Crippen LogP contribution in [0.5, 0.6) is 5.75 Å². The highest BCUT2D eigenvalue weighted by atomic mass is 19.4. The Hall–Kier alpha value is -2.69. The van der Waals surface area contributed by atoms with Gasteiger partial charge >= 0.3 is 12.1 Å². The number of hydrogen-bond donors (Lipinski definition) is 1. The molecule has 25 heavy (non-hydrogen) atoms. The predicted octanol–water partition coefficient (Wildman–Crippen LogP) is 1.96. The topological polar surface area (TPSA) is 58.6 Å². The lowest BCUT2D eigenvalue weighted by molar-refractivity contribution is -0.173. The van der Waals surface area contributed by atoms with Crippen molar-refractivity contribution in [3.05, 3.63) is 29.8 Å². The maximum atomic E-state index is 12.0. The van der Waals surface area contributed by atoms with Gasteiger partial charge in [0, 0.05) is 32.5 Å². The number of rotatable bonds is 6. The van der Waals surface area contributed by atoms with Gasteiger partial charge in [0.25, 0.3) is 0 Å². The average molecular weight is 356 g/mol. The summed E-state index contributed by atoms with van der Waals surface area (Å²) in [7, 11) is 3.35. The van der Waals surface area contributed by atoms with Gasteiger partial charge in [-0.15, -0.1) is 0 Å². The van der Waals surface area contributed by atoms with Crippen LogP contribution in [0.25, 0.3) is 0 Å². The SMILES string of the molecule is CN(C)C(=O)CCC#Cc1cccc(OCCNC(=O)C(F)(F)F)c1. The first-order valence-electron chi connectivity index (χ1n) is 7.47. The maximum Gasteiger partial charge on any atom is 0.471 e. The van der Waals surface area contributed by atoms with E-state index in [0.29, 0.717) is 24.2 Å². The number of benzene rings is 1. The number of amides is 2. The molecule has 0 saturated carbocycles. The normalized spacial score (nSPS) is 10.4. The molecule has 0 aliphatic rings. The zero-order valence-electron chi connectivity index (χ0n) is 13.9. The van der Waals surface area contributed by atoms with E-state index in [9.17, 15) is 22.8 Å². The quantitative estimate of drug-likeness (QED) is 0.626. The van der Waals surface area contributed by atoms with E-state index < -0.39 is 12.1 Å². The third-order valence-electron chi connectivity index (χ3n) is 2.94. The molecule has 2 amide bonds. The van der Waals surface area contributed by atoms with Gasteiger partial charge in [-0.3, -0.25) is 9.59 Å². The van der Waals surface area contributed by atoms with E-state index in [0.717, 1.165) is 0 Å². The Morgan fingerprint density at radius 2 is 2.00 bits per heavy atom. The third kappa shape index (κ3) is 8.11. The minimum atomic E-state index is -4.90. The molecule has 0 heterocycles. The van der Waals surface area contributed by atoms with E-state index in [2.05, 4.69) is 11.8 Å². The zero-order chi connectivity index (χ0) is 18.9. The van der Waals surface area contributed by atoms with Gasteiger partial charge in [-0.05, 0) is 18.2 Å². The van der Waals surface area contributed by atoms with Gasteiger partial charge in [0.2, 0.25) is 5.91 Å². The Bertz CT molecular complexity index is 661. The molecule has 136 valence electrons. The molecule has 0 bridgehead atoms. The number of nitrogens with one attached hydrogen (secondary N) is 1. The number of nitrogens with zero attached hydrogens (tertiary/aromatic N) is 1. The Labute approximate surface area is 144 Å². The van der Waals surface area contributed by atoms with Gasteiger partial charge in [0.15, 0.2) is 0 Å². The number of alkyl halides is 3. The molecule has 0 spiro atoms. The van der Waals surface area contributed by atoms with E-state index in [4.69, 9.17) is 4.74 Å². The van der Waals surface area contributed by atoms with Gasteiger partial charge in [0.05, 0.1) is 6.54 Å². The summed E-state index contributed by atoms with van der Waals surface area (Å²) in [6, 6.07) is 6.70. The first-order chi connectivity index (χ1) is 11.7. The van der Waals surface area contributed by atoms with E-state index in [1.807, 2.05) is 0 Å². The summed E-state index contributed by atoms with van der Waals surface area (Å²) in [5.41, 5.74) is 0.661. The summed E-state index contributed by atoms with van der Waals surface area (Å²) in [5, 5.41) is 1.72. The summed E-state index contributed by atoms with van der Waals surface area (Å²) in [6.07, 6.45) is -4.15. The van der Waals surface area contributed by atoms with Crippen molar-refractivity contribution in [3.8, 4) is 17.6 Å². The fourth-order valence-electron chi connectivity index (χ4n) is 1.65. The van der Waals surface area contributed by atoms with Crippen LogP contribution >= 0.6 is 0 Å². The zero-order valence-corrected chi connectivity index (χ0v) is 13.9. The number of halogens is 3. The summed E-state index contributed by atoms with van der Waals surface area (Å²) < 4.78 is 41.3. The lowest BCUT2D eigenvalue weighted by Crippen LogP contribution is -2.38. The monoisotopic (exact) mass is 356 g/mol. The molecule has 0 aliphatic heterocycles. The molecule has 1 aromatic carbocycles. The molecular weight excluding hydrogens is 337 g/mol. The van der Waals surface area contributed by atoms with Crippen molar-refractivity contribution in [1.29, 1.82) is 0 Å². The van der Waals surface area contributed by atoms with Crippen LogP contribution in [0.3, 0.4) is 0 Å². The van der Waals surface area contributed by atoms with Crippen LogP contribution in [0.4, 0.5) is 13.2 Å². The molecule has 0 saturated heterocycles. The molecule has 0 atom stereocenters. The first-order valence-corrected chi connectivity index (χ1v) is 7.47. The van der Waals surface area contributed by atoms with E-state index in [1.54, 1.807) is 43.7 Å². The Morgan fingerprint density at radius 1 is 1.28 bits per heavy atom. The van der Waals surface area contributed by atoms with E-state index >= 15 is 0 Å². The van der Waals surface area contributed by atoms with Gasteiger partial charge in [-0.2, -0.15) is 13.2 Å². The molecule has 0 radical (unpaired) electrons. The molecule has 0 unspecified atom stereocenters. The second-order valence-electron chi connectivity index (χ2n) is 5.22. The fraction of sp³-hybridized carbons (Fsp3) is 0.412. The summed E-state index contributed by atoms with van der Waals surface area (Å²) in [4.78, 5) is 23.5. The first kappa shape index (κ1) is 20.4. The van der Waals surface area contributed by atoms with Crippen LogP contribution in [-0.4, -0.2) is 50.1 Å². The lowest BCUT2D eigenvalue weighted by Gasteiger charge is -2.09. The van der Waals surface area contributed by atoms with Crippen molar-refractivity contribution in [2.24, 2.45) is 0 Å². The van der Waals surface area contributed by atoms with Gasteiger partial charge in [0.1, 0.15) is 12.4 Å². The molecule has 1 rings (SSSR count). The van der Waals surface area contributed by atoms with E-state index in [1.165, 1.54) is 4.90 Å². The van der Waals surface area contributed by atoms with Crippen LogP contribution < -0.4 is 10.1 Å². The fourth-order valence-corrected chi connectivity index (χ4v) is 1.65. The Morgan fingerprint density at radius 3 is 2.64 bits per heavy atom. The predicted molar refractivity (Wildman–Crippen MR) is 85.8 cm³/mol. The lowest BCUT2D eigenvalue weighted by atomic mass is 10.2. The van der Waals surface area contributed by atoms with Crippen molar-refractivity contribution in [3.63, 3.8) is 0 Å². The minimum absolute atomic E-state index is 0.00714. The molecule has 8 heteroatoms. The Kier molecular flexibility index (Phi) is 7.79. The van der Waals surface area contributed by atoms with Gasteiger partial charge in [-0.25, -0.2) is 0 Å². The highest BCUT2D eigenvalue weighted by Crippen LogP contribution is 2.14. The van der Waals surface area contributed by atoms with Crippen molar-refractivity contribution < 1.29 is 27.5 Å². The van der Waals surface area contributed by atoms with Crippen LogP contribution in [0.15, 0.2) is 24.3 Å². The molecule has 0 aromatic heterocycles. The summed E-state index contributed by atoms with van der Waals surface area (Å²) in [5.74, 6) is 4.19. The van der Waals surface area contributed by atoms with Crippen molar-refractivity contribution in [2.45, 2.75) is 19.0 Å². The Balaban J connectivity index is 2.43. The smallest absolute Gasteiger partial charge is 0.471 e. The van der Waals surface area contributed by atoms with Crippen molar-refractivity contribution in [2.75, 3.05) is 27.2 Å². The van der Waals surface area contributed by atoms with Crippen LogP contribution in [0.1, 0.15) is 18.4 Å². The molecule has 1 N–H and O–H groups in total. The van der Waals surface area contributed by atoms with Crippen molar-refractivity contribution >= 4 is 11.8 Å². The van der Waals surface area contributed by atoms with Gasteiger partial charge in [-0.1, -0.05) is 17.9 Å². The largest absolute Gasteiger partial charge is 0.492 e. The average Bonchev–Trinajstić information content (AvgIpc) is 2.54. The highest BCUT2D eigenvalue weighted by molar-refractivity contribution is 5.81. The van der Waals surface area contributed by atoms with Gasteiger partial charge < -0.3 is 15.0 Å². The molecule has 1 aromatic rings. The standard InChI is InChI=1S/C17H19F3N2O3/c1-22(2)15(23)9-4-3-6-13-7-5-8-14(12-13)25-11-10-21-16(24)17(18,19)20/h5,7-8,12H,4,9-11H2,1-2H3,(H,21,24). The third-order valence-corrected chi connectivity index (χ3v) is 2.94. The van der Waals surface area contributed by atoms with Crippen LogP contribution in [0.2, 0.25) is 0 Å². The molecular formula is C17H19F3N2O3. The number of ether oxygens (including phenoxy) is 1. The molecule has 0 aliphatic carbocycles. The van der Waals surface area contributed by atoms with Crippen LogP contribution in [0, 0.1) is 11.8 Å². The number of hydrogen-bond acceptors (Lipinski definition) is 3. The second kappa shape index (κ2) is 9.57. The van der Waals surface area contributed by atoms with Crippen LogP contribution in [-0.2, 0) is 9.59 Å². The highest BCUT2D eigenvalue weighted by Gasteiger charge is 2.38. The second-order valence-corrected chi connectivity index (χ2v) is 5.22. The number of carbonyl (C=O) groups is 2. The minimum Gasteiger partial charge on any atom is -0.492 e. The van der Waals surface area contributed by atoms with Crippen molar-refractivity contribution in [1.82, 2.24) is 10.2 Å². The molecule has 5 nitrogen and oxygen atoms in total. The summed E-state index contributed by atoms with van der Waals surface area (Å²) >= 11 is 0. The summed E-state index contributed by atoms with van der Waals surface area (Å²) in [6.45, 7) is -0.364. The maximum absolute atomic E-state index is 12.0. The molecule has 0 fully saturated rings. The van der Waals surface area contributed by atoms with E-state index in [-0.39, 0.29) is 19.1 Å².